The van der Waals surface area contributed by atoms with Crippen molar-refractivity contribution in [2.45, 2.75) is 223 Å². The van der Waals surface area contributed by atoms with Gasteiger partial charge < -0.3 is 145 Å². The van der Waals surface area contributed by atoms with E-state index in [1.165, 1.54) is 31.2 Å². The van der Waals surface area contributed by atoms with Crippen LogP contribution in [-0.2, 0) is 92.7 Å². The lowest BCUT2D eigenvalue weighted by Crippen LogP contribution is -2.62. The first-order valence-electron chi connectivity index (χ1n) is 36.8. The van der Waals surface area contributed by atoms with Gasteiger partial charge in [0.2, 0.25) is 76.8 Å². The molecule has 0 heterocycles. The van der Waals surface area contributed by atoms with Crippen LogP contribution in [0.25, 0.3) is 0 Å². The Balaban J connectivity index is 0.0000189. The number of benzene rings is 1. The second-order valence-electron chi connectivity index (χ2n) is 27.3. The Bertz CT molecular complexity index is 3750. The number of aliphatic hydroxyl groups is 1. The highest BCUT2D eigenvalue weighted by Crippen LogP contribution is 2.17. The Hall–Kier alpha value is -13.0. The Morgan fingerprint density at radius 3 is 1.19 bits per heavy atom. The van der Waals surface area contributed by atoms with E-state index in [1.807, 2.05) is 5.32 Å². The molecule has 668 valence electrons. The minimum atomic E-state index is -5.08. The van der Waals surface area contributed by atoms with E-state index in [2.05, 4.69) is 73.5 Å². The zero-order chi connectivity index (χ0) is 91.3. The van der Waals surface area contributed by atoms with Crippen LogP contribution in [0.2, 0.25) is 0 Å². The SMILES string of the molecule is CCC(C)C(NC(=O)C(CC(C)C)NC(=O)C(CCCN=C(N)N)NC(=O)C(N)CCCN=C(N)N)C(=O)NC(CCC(=O)O)C(=O)NC(CC(=O)O)C(=O)NC(CC(N)=O)C(=O)NC(CCC(=O)O)C(=O)NC(Cc1ccc(O)cc1)C(=O)NC(C(=O)NC(C)C(=O)NC(CCCN=C(N)N)C(=O)NCC(=O)O)C(C)O.O=C(O)C(F)(F)F. The third kappa shape index (κ3) is 45.2. The number of aliphatic hydroxyl groups excluding tert-OH is 1. The number of hydrogen-bond donors (Lipinski definition) is 27. The van der Waals surface area contributed by atoms with E-state index in [0.29, 0.717) is 0 Å². The molecule has 14 unspecified atom stereocenters. The van der Waals surface area contributed by atoms with E-state index < -0.39 is 249 Å². The molecule has 35 N–H and O–H groups in total. The summed E-state index contributed by atoms with van der Waals surface area (Å²) >= 11 is 0. The number of aliphatic imine (C=N–C) groups is 3. The van der Waals surface area contributed by atoms with Gasteiger partial charge in [0, 0.05) is 38.9 Å². The Morgan fingerprint density at radius 2 is 0.782 bits per heavy atom. The van der Waals surface area contributed by atoms with Crippen molar-refractivity contribution in [2.75, 3.05) is 26.2 Å². The lowest BCUT2D eigenvalue weighted by Gasteiger charge is -2.30. The van der Waals surface area contributed by atoms with Crippen molar-refractivity contribution in [3.63, 3.8) is 0 Å². The number of primary amides is 1. The normalized spacial score (nSPS) is 14.5. The van der Waals surface area contributed by atoms with E-state index in [1.54, 1.807) is 20.8 Å². The van der Waals surface area contributed by atoms with Crippen LogP contribution in [0.4, 0.5) is 13.2 Å². The summed E-state index contributed by atoms with van der Waals surface area (Å²) in [6, 6.07) is -15.9. The molecule has 51 heteroatoms. The first kappa shape index (κ1) is 106. The molecule has 0 spiro atoms. The lowest BCUT2D eigenvalue weighted by atomic mass is 9.96. The summed E-state index contributed by atoms with van der Waals surface area (Å²) in [7, 11) is 0. The third-order valence-electron chi connectivity index (χ3n) is 16.7. The van der Waals surface area contributed by atoms with E-state index in [0.717, 1.165) is 13.8 Å². The summed E-state index contributed by atoms with van der Waals surface area (Å²) in [5.74, 6) is -26.6. The highest BCUT2D eigenvalue weighted by molar-refractivity contribution is 6.01. The Morgan fingerprint density at radius 1 is 0.420 bits per heavy atom. The number of carboxylic acid groups (broad SMARTS) is 5. The summed E-state index contributed by atoms with van der Waals surface area (Å²) in [5.41, 5.74) is 44.2. The molecule has 0 aliphatic heterocycles. The van der Waals surface area contributed by atoms with Gasteiger partial charge in [-0.1, -0.05) is 46.2 Å². The lowest BCUT2D eigenvalue weighted by molar-refractivity contribution is -0.192. The molecule has 0 aliphatic rings. The fourth-order valence-electron chi connectivity index (χ4n) is 10.3. The number of amides is 13. The molecule has 14 atom stereocenters. The highest BCUT2D eigenvalue weighted by atomic mass is 19.4. The first-order valence-corrected chi connectivity index (χ1v) is 36.8. The third-order valence-corrected chi connectivity index (χ3v) is 16.7. The monoisotopic (exact) mass is 1710 g/mol. The number of phenols is 1. The number of aromatic hydroxyl groups is 1. The fraction of sp³-hybridized carbons (Fsp3) is 0.603. The molecule has 1 rings (SSSR count). The van der Waals surface area contributed by atoms with Crippen LogP contribution in [0.5, 0.6) is 5.75 Å². The van der Waals surface area contributed by atoms with E-state index in [4.69, 9.17) is 60.9 Å². The first-order chi connectivity index (χ1) is 55.3. The largest absolute Gasteiger partial charge is 0.508 e. The number of phenolic OH excluding ortho intramolecular Hbond substituents is 1. The van der Waals surface area contributed by atoms with Gasteiger partial charge in [-0.25, -0.2) is 4.79 Å². The maximum atomic E-state index is 14.4. The van der Waals surface area contributed by atoms with Crippen molar-refractivity contribution < 1.29 is 135 Å². The second-order valence-corrected chi connectivity index (χ2v) is 27.3. The molecule has 0 aromatic heterocycles. The van der Waals surface area contributed by atoms with E-state index >= 15 is 0 Å². The molecular weight excluding hydrogens is 1600 g/mol. The van der Waals surface area contributed by atoms with Crippen LogP contribution in [0.15, 0.2) is 39.2 Å². The minimum absolute atomic E-state index is 0.0147. The number of nitrogens with two attached hydrogens (primary N) is 8. The molecule has 0 bridgehead atoms. The van der Waals surface area contributed by atoms with Crippen LogP contribution < -0.4 is 110 Å². The van der Waals surface area contributed by atoms with E-state index in [9.17, 15) is 120 Å². The van der Waals surface area contributed by atoms with E-state index in [-0.39, 0.29) is 106 Å². The topological polar surface area (TPSA) is 838 Å². The standard InChI is InChI=1S/C66H109N23O23.C2HF3O2/c1-7-31(4)50(88-60(109)41(25-30(2)3)84-55(104)38(13-10-24-77-66(73)74)81-53(102)36(67)11-8-22-75-64(69)70)62(111)83-40(19-21-47(95)96)57(106)87-44(28-48(97)98)59(108)86-43(27-45(68)92)58(107)82-39(18-20-46(93)94)56(105)85-42(26-34-14-16-35(91)17-15-34)61(110)89-51(33(6)90)63(112)79-32(5)52(101)80-37(12-9-23-76-65(71)72)54(103)78-29-49(99)100;3-2(4,5)1(6)7/h14-17,30-33,36-44,50-51,90-91H,7-13,18-29,67H2,1-6H3,(H2,68,92)(H,78,103)(H,79,112)(H,80,101)(H,81,102)(H,82,107)(H,83,111)(H,84,104)(H,85,105)(H,86,108)(H,87,106)(H,88,109)(H,89,110)(H,93,94)(H,95,96)(H,97,98)(H,99,100)(H4,69,70,75)(H4,71,72,76)(H4,73,74,77);(H,6,7). The highest BCUT2D eigenvalue weighted by Gasteiger charge is 2.41. The smallest absolute Gasteiger partial charge is 0.490 e. The molecular formula is C68H110F3N23O25. The number of carboxylic acids is 5. The van der Waals surface area contributed by atoms with Gasteiger partial charge in [-0.3, -0.25) is 96.5 Å². The number of rotatable bonds is 54. The van der Waals surface area contributed by atoms with Crippen LogP contribution >= 0.6 is 0 Å². The second kappa shape index (κ2) is 54.0. The van der Waals surface area contributed by atoms with Gasteiger partial charge in [0.05, 0.1) is 25.0 Å². The van der Waals surface area contributed by atoms with Crippen LogP contribution in [-0.4, -0.2) is 271 Å². The number of nitrogens with one attached hydrogen (secondary N) is 12. The number of nitrogens with zero attached hydrogens (tertiary/aromatic N) is 3. The molecule has 48 nitrogen and oxygen atoms in total. The van der Waals surface area contributed by atoms with Crippen molar-refractivity contribution in [2.24, 2.45) is 72.7 Å². The van der Waals surface area contributed by atoms with Gasteiger partial charge in [-0.15, -0.1) is 0 Å². The zero-order valence-corrected chi connectivity index (χ0v) is 66.0. The Kier molecular flexibility index (Phi) is 48.1. The average molecular weight is 1710 g/mol. The molecule has 13 amide bonds. The summed E-state index contributed by atoms with van der Waals surface area (Å²) in [4.78, 5) is 248. The van der Waals surface area contributed by atoms with Crippen LogP contribution in [0.3, 0.4) is 0 Å². The maximum Gasteiger partial charge on any atom is 0.490 e. The van der Waals surface area contributed by atoms with Crippen molar-refractivity contribution >= 4 is 125 Å². The Labute approximate surface area is 678 Å². The van der Waals surface area contributed by atoms with Crippen LogP contribution in [0, 0.1) is 11.8 Å². The van der Waals surface area contributed by atoms with Gasteiger partial charge in [0.1, 0.15) is 78.8 Å². The minimum Gasteiger partial charge on any atom is -0.508 e. The van der Waals surface area contributed by atoms with Gasteiger partial charge in [0.25, 0.3) is 0 Å². The predicted octanol–water partition coefficient (Wildman–Crippen LogP) is -8.84. The zero-order valence-electron chi connectivity index (χ0n) is 66.0. The molecule has 1 aromatic rings. The number of aliphatic carboxylic acids is 5. The number of hydrogen-bond acceptors (Lipinski definition) is 24. The van der Waals surface area contributed by atoms with Crippen LogP contribution in [0.1, 0.15) is 137 Å². The maximum absolute atomic E-state index is 14.4. The van der Waals surface area contributed by atoms with Gasteiger partial charge in [-0.2, -0.15) is 13.2 Å². The summed E-state index contributed by atoms with van der Waals surface area (Å²) in [6.45, 7) is 8.02. The number of carbonyl (C=O) groups is 18. The summed E-state index contributed by atoms with van der Waals surface area (Å²) in [5, 5.41) is 94.2. The molecule has 0 saturated carbocycles. The fourth-order valence-corrected chi connectivity index (χ4v) is 10.3. The van der Waals surface area contributed by atoms with Crippen molar-refractivity contribution in [1.82, 2.24) is 63.8 Å². The molecule has 0 radical (unpaired) electrons. The average Bonchev–Trinajstić information content (AvgIpc) is 0.844. The quantitative estimate of drug-likeness (QED) is 0.0164. The van der Waals surface area contributed by atoms with Gasteiger partial charge in [-0.05, 0) is 101 Å². The molecule has 0 saturated heterocycles. The molecule has 0 aliphatic carbocycles. The summed E-state index contributed by atoms with van der Waals surface area (Å²) < 4.78 is 31.7. The number of carbonyl (C=O) groups excluding carboxylic acids is 13. The predicted molar refractivity (Wildman–Crippen MR) is 411 cm³/mol. The molecule has 1 aromatic carbocycles. The number of guanidine groups is 3. The van der Waals surface area contributed by atoms with Crippen molar-refractivity contribution in [3.8, 4) is 5.75 Å². The summed E-state index contributed by atoms with van der Waals surface area (Å²) in [6.07, 6.45) is -12.9. The van der Waals surface area contributed by atoms with Crippen molar-refractivity contribution in [3.05, 3.63) is 29.8 Å². The van der Waals surface area contributed by atoms with Gasteiger partial charge in [0.15, 0.2) is 17.9 Å². The number of halogens is 3. The van der Waals surface area contributed by atoms with Gasteiger partial charge >= 0.3 is 36.0 Å². The molecule has 0 fully saturated rings. The van der Waals surface area contributed by atoms with Crippen molar-refractivity contribution in [1.29, 1.82) is 0 Å². The number of alkyl halides is 3. The molecule has 119 heavy (non-hydrogen) atoms.